The fraction of sp³-hybridized carbons (Fsp3) is 0.286. The number of aromatic amines is 1. The predicted molar refractivity (Wildman–Crippen MR) is 107 cm³/mol. The highest BCUT2D eigenvalue weighted by Crippen LogP contribution is 2.19. The molecule has 162 valence electrons. The quantitative estimate of drug-likeness (QED) is 0.388. The van der Waals surface area contributed by atoms with Crippen molar-refractivity contribution in [3.8, 4) is 0 Å². The van der Waals surface area contributed by atoms with Crippen molar-refractivity contribution < 1.29 is 33.4 Å². The van der Waals surface area contributed by atoms with Crippen molar-refractivity contribution in [1.82, 2.24) is 15.2 Å². The number of aromatic nitrogens is 1. The number of rotatable bonds is 7. The minimum absolute atomic E-state index is 0.0296. The smallest absolute Gasteiger partial charge is 0.339 e. The monoisotopic (exact) mass is 427 g/mol. The van der Waals surface area contributed by atoms with Crippen LogP contribution >= 0.6 is 0 Å². The second-order valence-electron chi connectivity index (χ2n) is 6.95. The lowest BCUT2D eigenvalue weighted by molar-refractivity contribution is -0.125. The number of carbonyl (C=O) groups excluding carboxylic acids is 5. The van der Waals surface area contributed by atoms with Crippen LogP contribution in [0.3, 0.4) is 0 Å². The molecule has 0 radical (unpaired) electrons. The maximum Gasteiger partial charge on any atom is 0.339 e. The number of nitrogens with zero attached hydrogens (tertiary/aromatic N) is 1. The molecular formula is C21H21N3O7. The molecule has 0 spiro atoms. The van der Waals surface area contributed by atoms with Crippen molar-refractivity contribution in [1.29, 1.82) is 0 Å². The van der Waals surface area contributed by atoms with Gasteiger partial charge in [-0.15, -0.1) is 0 Å². The first-order valence-electron chi connectivity index (χ1n) is 9.37. The van der Waals surface area contributed by atoms with Crippen molar-refractivity contribution in [3.05, 3.63) is 57.9 Å². The fourth-order valence-electron chi connectivity index (χ4n) is 3.27. The Morgan fingerprint density at radius 3 is 2.32 bits per heavy atom. The second kappa shape index (κ2) is 8.82. The summed E-state index contributed by atoms with van der Waals surface area (Å²) in [6.07, 6.45) is 0. The highest BCUT2D eigenvalue weighted by molar-refractivity contribution is 6.03. The summed E-state index contributed by atoms with van der Waals surface area (Å²) in [5, 5.41) is 2.43. The zero-order chi connectivity index (χ0) is 22.7. The minimum Gasteiger partial charge on any atom is -0.465 e. The van der Waals surface area contributed by atoms with Gasteiger partial charge in [0.1, 0.15) is 0 Å². The Morgan fingerprint density at radius 1 is 1.06 bits per heavy atom. The van der Waals surface area contributed by atoms with Gasteiger partial charge in [0.15, 0.2) is 6.61 Å². The van der Waals surface area contributed by atoms with Crippen LogP contribution in [0.25, 0.3) is 0 Å². The number of ether oxygens (including phenoxy) is 2. The summed E-state index contributed by atoms with van der Waals surface area (Å²) in [6, 6.07) is 5.70. The largest absolute Gasteiger partial charge is 0.465 e. The van der Waals surface area contributed by atoms with Crippen LogP contribution in [0.4, 0.5) is 4.79 Å². The van der Waals surface area contributed by atoms with E-state index in [0.29, 0.717) is 16.8 Å². The van der Waals surface area contributed by atoms with E-state index in [9.17, 15) is 24.0 Å². The number of H-pyrrole nitrogens is 1. The fourth-order valence-corrected chi connectivity index (χ4v) is 3.27. The van der Waals surface area contributed by atoms with Gasteiger partial charge in [-0.1, -0.05) is 12.1 Å². The molecule has 1 aromatic carbocycles. The molecular weight excluding hydrogens is 406 g/mol. The number of benzene rings is 1. The maximum atomic E-state index is 12.5. The molecule has 1 aliphatic heterocycles. The number of carbonyl (C=O) groups is 5. The molecule has 0 bridgehead atoms. The number of amides is 3. The maximum absolute atomic E-state index is 12.5. The minimum atomic E-state index is -0.705. The normalized spacial score (nSPS) is 13.2. The lowest BCUT2D eigenvalue weighted by atomic mass is 10.1. The number of Topliss-reactive ketones (excluding diaryl/α,β-unsaturated/α-hetero) is 1. The molecule has 10 heteroatoms. The third-order valence-corrected chi connectivity index (χ3v) is 4.91. The summed E-state index contributed by atoms with van der Waals surface area (Å²) in [7, 11) is 1.25. The first-order chi connectivity index (χ1) is 14.7. The number of imide groups is 1. The number of urea groups is 1. The summed E-state index contributed by atoms with van der Waals surface area (Å²) in [5.74, 6) is -2.07. The van der Waals surface area contributed by atoms with Crippen LogP contribution in [0.15, 0.2) is 24.3 Å². The van der Waals surface area contributed by atoms with Crippen LogP contribution in [-0.4, -0.2) is 59.8 Å². The Labute approximate surface area is 177 Å². The van der Waals surface area contributed by atoms with Crippen LogP contribution < -0.4 is 5.32 Å². The average Bonchev–Trinajstić information content (AvgIpc) is 3.24. The summed E-state index contributed by atoms with van der Waals surface area (Å²) in [5.41, 5.74) is 2.23. The van der Waals surface area contributed by atoms with Gasteiger partial charge in [0.05, 0.1) is 37.0 Å². The van der Waals surface area contributed by atoms with Crippen molar-refractivity contribution in [2.45, 2.75) is 20.4 Å². The number of hydrogen-bond acceptors (Lipinski definition) is 7. The third kappa shape index (κ3) is 4.47. The number of ketones is 1. The second-order valence-corrected chi connectivity index (χ2v) is 6.95. The molecule has 31 heavy (non-hydrogen) atoms. The van der Waals surface area contributed by atoms with Crippen molar-refractivity contribution >= 4 is 29.7 Å². The van der Waals surface area contributed by atoms with E-state index in [1.807, 2.05) is 0 Å². The van der Waals surface area contributed by atoms with E-state index >= 15 is 0 Å². The van der Waals surface area contributed by atoms with Crippen LogP contribution in [0.1, 0.15) is 48.0 Å². The van der Waals surface area contributed by atoms with Crippen LogP contribution in [0.2, 0.25) is 0 Å². The van der Waals surface area contributed by atoms with E-state index in [1.54, 1.807) is 26.0 Å². The van der Waals surface area contributed by atoms with Gasteiger partial charge in [0.2, 0.25) is 11.7 Å². The Hall–Kier alpha value is -3.95. The molecule has 0 unspecified atom stereocenters. The van der Waals surface area contributed by atoms with E-state index in [0.717, 1.165) is 4.90 Å². The van der Waals surface area contributed by atoms with E-state index in [4.69, 9.17) is 9.47 Å². The molecule has 3 amide bonds. The number of hydrogen-bond donors (Lipinski definition) is 2. The van der Waals surface area contributed by atoms with Gasteiger partial charge in [-0.2, -0.15) is 0 Å². The molecule has 3 rings (SSSR count). The van der Waals surface area contributed by atoms with Gasteiger partial charge in [-0.25, -0.2) is 14.4 Å². The number of nitrogens with one attached hydrogen (secondary N) is 2. The summed E-state index contributed by atoms with van der Waals surface area (Å²) >= 11 is 0. The molecule has 1 aromatic heterocycles. The number of methoxy groups -OCH3 is 1. The van der Waals surface area contributed by atoms with E-state index in [-0.39, 0.29) is 35.8 Å². The van der Waals surface area contributed by atoms with Crippen molar-refractivity contribution in [2.75, 3.05) is 20.3 Å². The Kier molecular flexibility index (Phi) is 6.19. The van der Waals surface area contributed by atoms with Crippen LogP contribution in [0, 0.1) is 13.8 Å². The molecule has 0 aliphatic carbocycles. The zero-order valence-corrected chi connectivity index (χ0v) is 17.2. The third-order valence-electron chi connectivity index (χ3n) is 4.91. The lowest BCUT2D eigenvalue weighted by Gasteiger charge is -2.12. The number of esters is 2. The topological polar surface area (TPSA) is 135 Å². The van der Waals surface area contributed by atoms with E-state index in [1.165, 1.54) is 19.2 Å². The average molecular weight is 427 g/mol. The molecule has 2 aromatic rings. The van der Waals surface area contributed by atoms with Gasteiger partial charge in [0, 0.05) is 5.69 Å². The van der Waals surface area contributed by atoms with Gasteiger partial charge in [0.25, 0.3) is 0 Å². The first kappa shape index (κ1) is 21.8. The molecule has 10 nitrogen and oxygen atoms in total. The van der Waals surface area contributed by atoms with Gasteiger partial charge in [-0.05, 0) is 37.1 Å². The standard InChI is InChI=1S/C21H21N3O7/c1-11-17(20(28)30-3)12(2)23-18(11)15(25)10-31-19(27)14-6-4-13(5-7-14)9-24-16(26)8-22-21(24)29/h4-7,23H,8-10H2,1-3H3,(H,22,29). The molecule has 1 saturated heterocycles. The SMILES string of the molecule is COC(=O)c1c(C)[nH]c(C(=O)COC(=O)c2ccc(CN3C(=O)CNC3=O)cc2)c1C. The molecule has 1 fully saturated rings. The van der Waals surface area contributed by atoms with Crippen molar-refractivity contribution in [3.63, 3.8) is 0 Å². The molecule has 1 aliphatic rings. The lowest BCUT2D eigenvalue weighted by Crippen LogP contribution is -2.30. The Bertz CT molecular complexity index is 1050. The summed E-state index contributed by atoms with van der Waals surface area (Å²) in [4.78, 5) is 63.7. The Morgan fingerprint density at radius 2 is 1.74 bits per heavy atom. The summed E-state index contributed by atoms with van der Waals surface area (Å²) < 4.78 is 9.80. The van der Waals surface area contributed by atoms with Gasteiger partial charge < -0.3 is 19.8 Å². The summed E-state index contributed by atoms with van der Waals surface area (Å²) in [6.45, 7) is 2.80. The van der Waals surface area contributed by atoms with E-state index < -0.39 is 30.4 Å². The highest BCUT2D eigenvalue weighted by atomic mass is 16.5. The van der Waals surface area contributed by atoms with E-state index in [2.05, 4.69) is 10.3 Å². The Balaban J connectivity index is 1.61. The first-order valence-corrected chi connectivity index (χ1v) is 9.37. The molecule has 2 N–H and O–H groups in total. The molecule has 2 heterocycles. The van der Waals surface area contributed by atoms with Gasteiger partial charge in [-0.3, -0.25) is 14.5 Å². The van der Waals surface area contributed by atoms with Crippen LogP contribution in [0.5, 0.6) is 0 Å². The molecule has 0 atom stereocenters. The highest BCUT2D eigenvalue weighted by Gasteiger charge is 2.28. The zero-order valence-electron chi connectivity index (χ0n) is 17.2. The van der Waals surface area contributed by atoms with Gasteiger partial charge >= 0.3 is 18.0 Å². The van der Waals surface area contributed by atoms with Crippen LogP contribution in [-0.2, 0) is 20.8 Å². The number of aryl methyl sites for hydroxylation is 1. The molecule has 0 saturated carbocycles. The van der Waals surface area contributed by atoms with Crippen molar-refractivity contribution in [2.24, 2.45) is 0 Å². The predicted octanol–water partition coefficient (Wildman–Crippen LogP) is 1.51.